The van der Waals surface area contributed by atoms with Crippen LogP contribution in [0.1, 0.15) is 5.56 Å². The molecule has 0 amide bonds. The van der Waals surface area contributed by atoms with Crippen LogP contribution in [-0.4, -0.2) is 66.2 Å². The molecular weight excluding hydrogens is 274 g/mol. The molecule has 0 saturated carbocycles. The summed E-state index contributed by atoms with van der Waals surface area (Å²) in [5, 5.41) is 20.0. The molecule has 2 rings (SSSR count). The van der Waals surface area contributed by atoms with Gasteiger partial charge in [0, 0.05) is 38.8 Å². The third kappa shape index (κ3) is 4.38. The number of nitro groups is 1. The Morgan fingerprint density at radius 1 is 1.33 bits per heavy atom. The molecule has 0 atom stereocenters. The van der Waals surface area contributed by atoms with Crippen LogP contribution in [0.25, 0.3) is 0 Å². The van der Waals surface area contributed by atoms with Crippen LogP contribution in [0.5, 0.6) is 5.75 Å². The molecule has 1 heterocycles. The first-order chi connectivity index (χ1) is 10.1. The number of ether oxygens (including phenoxy) is 1. The van der Waals surface area contributed by atoms with Gasteiger partial charge in [-0.05, 0) is 18.7 Å². The van der Waals surface area contributed by atoms with Gasteiger partial charge in [-0.25, -0.2) is 0 Å². The van der Waals surface area contributed by atoms with Crippen LogP contribution in [0.3, 0.4) is 0 Å². The van der Waals surface area contributed by atoms with E-state index in [2.05, 4.69) is 16.8 Å². The van der Waals surface area contributed by atoms with Crippen molar-refractivity contribution in [2.45, 2.75) is 6.61 Å². The van der Waals surface area contributed by atoms with E-state index in [0.29, 0.717) is 12.2 Å². The van der Waals surface area contributed by atoms with Gasteiger partial charge < -0.3 is 14.7 Å². The Morgan fingerprint density at radius 2 is 2.05 bits per heavy atom. The van der Waals surface area contributed by atoms with Gasteiger partial charge in [-0.2, -0.15) is 0 Å². The van der Waals surface area contributed by atoms with Crippen molar-refractivity contribution in [2.75, 3.05) is 46.4 Å². The number of nitro benzene ring substituents is 1. The van der Waals surface area contributed by atoms with Crippen LogP contribution in [0.2, 0.25) is 0 Å². The smallest absolute Gasteiger partial charge is 0.311 e. The lowest BCUT2D eigenvalue weighted by Crippen LogP contribution is -2.45. The summed E-state index contributed by atoms with van der Waals surface area (Å²) in [5.41, 5.74) is 0.410. The van der Waals surface area contributed by atoms with Crippen molar-refractivity contribution in [3.63, 3.8) is 0 Å². The van der Waals surface area contributed by atoms with Gasteiger partial charge >= 0.3 is 5.69 Å². The average Bonchev–Trinajstić information content (AvgIpc) is 2.49. The summed E-state index contributed by atoms with van der Waals surface area (Å²) in [5.74, 6) is 0.256. The zero-order valence-corrected chi connectivity index (χ0v) is 12.2. The number of piperazine rings is 1. The highest BCUT2D eigenvalue weighted by atomic mass is 16.6. The summed E-state index contributed by atoms with van der Waals surface area (Å²) < 4.78 is 5.55. The molecule has 0 spiro atoms. The summed E-state index contributed by atoms with van der Waals surface area (Å²) in [4.78, 5) is 15.1. The van der Waals surface area contributed by atoms with Crippen LogP contribution in [0.15, 0.2) is 18.2 Å². The third-order valence-corrected chi connectivity index (χ3v) is 3.66. The van der Waals surface area contributed by atoms with Crippen molar-refractivity contribution < 1.29 is 14.8 Å². The highest BCUT2D eigenvalue weighted by molar-refractivity contribution is 5.48. The Kier molecular flexibility index (Phi) is 5.49. The maximum atomic E-state index is 11.0. The lowest BCUT2D eigenvalue weighted by molar-refractivity contribution is -0.386. The topological polar surface area (TPSA) is 79.1 Å². The summed E-state index contributed by atoms with van der Waals surface area (Å²) in [6.07, 6.45) is 0. The quantitative estimate of drug-likeness (QED) is 0.615. The second-order valence-corrected chi connectivity index (χ2v) is 5.21. The number of aliphatic hydroxyl groups is 1. The van der Waals surface area contributed by atoms with E-state index in [1.54, 1.807) is 12.1 Å². The zero-order valence-electron chi connectivity index (χ0n) is 12.2. The standard InChI is InChI=1S/C14H21N3O4/c1-15-4-6-16(7-5-15)8-9-21-14-3-2-12(11-18)10-13(14)17(19)20/h2-3,10,18H,4-9,11H2,1H3. The van der Waals surface area contributed by atoms with E-state index in [1.165, 1.54) is 6.07 Å². The lowest BCUT2D eigenvalue weighted by Gasteiger charge is -2.32. The first kappa shape index (κ1) is 15.7. The molecule has 0 radical (unpaired) electrons. The van der Waals surface area contributed by atoms with Gasteiger partial charge in [0.05, 0.1) is 11.5 Å². The van der Waals surface area contributed by atoms with Gasteiger partial charge in [-0.15, -0.1) is 0 Å². The Bertz CT molecular complexity index is 487. The molecule has 0 aromatic heterocycles. The van der Waals surface area contributed by atoms with E-state index < -0.39 is 4.92 Å². The molecule has 1 aromatic rings. The first-order valence-electron chi connectivity index (χ1n) is 7.02. The Hall–Kier alpha value is -1.70. The molecule has 1 saturated heterocycles. The molecule has 1 aromatic carbocycles. The van der Waals surface area contributed by atoms with E-state index in [-0.39, 0.29) is 18.0 Å². The molecule has 1 aliphatic rings. The van der Waals surface area contributed by atoms with Gasteiger partial charge in [0.25, 0.3) is 0 Å². The van der Waals surface area contributed by atoms with Crippen molar-refractivity contribution in [3.8, 4) is 5.75 Å². The number of benzene rings is 1. The Labute approximate surface area is 123 Å². The average molecular weight is 295 g/mol. The number of hydrogen-bond donors (Lipinski definition) is 1. The Morgan fingerprint density at radius 3 is 2.67 bits per heavy atom. The predicted octanol–water partition coefficient (Wildman–Crippen LogP) is 0.713. The number of rotatable bonds is 6. The minimum atomic E-state index is -0.482. The van der Waals surface area contributed by atoms with Crippen molar-refractivity contribution >= 4 is 5.69 Å². The first-order valence-corrected chi connectivity index (χ1v) is 7.02. The number of aliphatic hydroxyl groups excluding tert-OH is 1. The van der Waals surface area contributed by atoms with Crippen molar-refractivity contribution in [3.05, 3.63) is 33.9 Å². The van der Waals surface area contributed by atoms with E-state index >= 15 is 0 Å². The summed E-state index contributed by atoms with van der Waals surface area (Å²) in [7, 11) is 2.10. The van der Waals surface area contributed by atoms with E-state index in [0.717, 1.165) is 32.7 Å². The van der Waals surface area contributed by atoms with Gasteiger partial charge in [0.1, 0.15) is 6.61 Å². The molecule has 0 bridgehead atoms. The maximum absolute atomic E-state index is 11.0. The van der Waals surface area contributed by atoms with E-state index in [1.807, 2.05) is 0 Å². The van der Waals surface area contributed by atoms with Crippen LogP contribution in [0.4, 0.5) is 5.69 Å². The second-order valence-electron chi connectivity index (χ2n) is 5.21. The minimum Gasteiger partial charge on any atom is -0.485 e. The van der Waals surface area contributed by atoms with E-state index in [9.17, 15) is 10.1 Å². The fourth-order valence-electron chi connectivity index (χ4n) is 2.28. The SMILES string of the molecule is CN1CCN(CCOc2ccc(CO)cc2[N+](=O)[O-])CC1. The molecule has 1 N–H and O–H groups in total. The van der Waals surface area contributed by atoms with Crippen LogP contribution in [-0.2, 0) is 6.61 Å². The largest absolute Gasteiger partial charge is 0.485 e. The zero-order chi connectivity index (χ0) is 15.2. The van der Waals surface area contributed by atoms with Crippen molar-refractivity contribution in [1.29, 1.82) is 0 Å². The fraction of sp³-hybridized carbons (Fsp3) is 0.571. The fourth-order valence-corrected chi connectivity index (χ4v) is 2.28. The molecular formula is C14H21N3O4. The highest BCUT2D eigenvalue weighted by Crippen LogP contribution is 2.28. The third-order valence-electron chi connectivity index (χ3n) is 3.66. The molecule has 0 unspecified atom stereocenters. The van der Waals surface area contributed by atoms with Gasteiger partial charge in [0.2, 0.25) is 0 Å². The number of likely N-dealkylation sites (N-methyl/N-ethyl adjacent to an activating group) is 1. The molecule has 1 aliphatic heterocycles. The summed E-state index contributed by atoms with van der Waals surface area (Å²) in [6, 6.07) is 4.54. The molecule has 7 nitrogen and oxygen atoms in total. The van der Waals surface area contributed by atoms with Gasteiger partial charge in [0.15, 0.2) is 5.75 Å². The van der Waals surface area contributed by atoms with Crippen LogP contribution in [0, 0.1) is 10.1 Å². The normalized spacial score (nSPS) is 16.9. The van der Waals surface area contributed by atoms with Crippen molar-refractivity contribution in [2.24, 2.45) is 0 Å². The Balaban J connectivity index is 1.89. The molecule has 116 valence electrons. The maximum Gasteiger partial charge on any atom is 0.311 e. The highest BCUT2D eigenvalue weighted by Gasteiger charge is 2.17. The molecule has 1 fully saturated rings. The van der Waals surface area contributed by atoms with Gasteiger partial charge in [-0.3, -0.25) is 15.0 Å². The molecule has 7 heteroatoms. The minimum absolute atomic E-state index is 0.0973. The predicted molar refractivity (Wildman–Crippen MR) is 78.5 cm³/mol. The van der Waals surface area contributed by atoms with Gasteiger partial charge in [-0.1, -0.05) is 6.07 Å². The molecule has 21 heavy (non-hydrogen) atoms. The lowest BCUT2D eigenvalue weighted by atomic mass is 10.2. The number of hydrogen-bond acceptors (Lipinski definition) is 6. The molecule has 0 aliphatic carbocycles. The van der Waals surface area contributed by atoms with E-state index in [4.69, 9.17) is 9.84 Å². The second kappa shape index (κ2) is 7.35. The number of nitrogens with zero attached hydrogens (tertiary/aromatic N) is 3. The monoisotopic (exact) mass is 295 g/mol. The van der Waals surface area contributed by atoms with Crippen molar-refractivity contribution in [1.82, 2.24) is 9.80 Å². The summed E-state index contributed by atoms with van der Waals surface area (Å²) in [6.45, 7) is 5.01. The van der Waals surface area contributed by atoms with Crippen LogP contribution >= 0.6 is 0 Å². The van der Waals surface area contributed by atoms with Crippen LogP contribution < -0.4 is 4.74 Å². The summed E-state index contributed by atoms with van der Waals surface area (Å²) >= 11 is 0.